The molecule has 4 rings (SSSR count). The van der Waals surface area contributed by atoms with Crippen LogP contribution >= 0.6 is 11.6 Å². The van der Waals surface area contributed by atoms with E-state index < -0.39 is 0 Å². The van der Waals surface area contributed by atoms with Crippen LogP contribution in [0.3, 0.4) is 0 Å². The van der Waals surface area contributed by atoms with Gasteiger partial charge >= 0.3 is 0 Å². The molecule has 0 atom stereocenters. The first-order valence-electron chi connectivity index (χ1n) is 14.0. The third-order valence-electron chi connectivity index (χ3n) is 7.40. The predicted octanol–water partition coefficient (Wildman–Crippen LogP) is 1.35. The molecule has 226 valence electrons. The Morgan fingerprint density at radius 1 is 1.21 bits per heavy atom. The van der Waals surface area contributed by atoms with Crippen LogP contribution in [-0.4, -0.2) is 91.3 Å². The van der Waals surface area contributed by atoms with E-state index in [2.05, 4.69) is 15.2 Å². The lowest BCUT2D eigenvalue weighted by Crippen LogP contribution is -2.42. The molecule has 42 heavy (non-hydrogen) atoms. The van der Waals surface area contributed by atoms with Gasteiger partial charge in [0.05, 0.1) is 35.6 Å². The molecule has 2 aromatic heterocycles. The van der Waals surface area contributed by atoms with E-state index in [1.165, 1.54) is 11.6 Å². The van der Waals surface area contributed by atoms with E-state index in [4.69, 9.17) is 31.8 Å². The molecule has 0 unspecified atom stereocenters. The van der Waals surface area contributed by atoms with Crippen molar-refractivity contribution in [1.82, 2.24) is 24.8 Å². The molecule has 3 N–H and O–H groups in total. The fourth-order valence-electron chi connectivity index (χ4n) is 4.93. The van der Waals surface area contributed by atoms with E-state index in [0.717, 1.165) is 16.5 Å². The van der Waals surface area contributed by atoms with Crippen LogP contribution < -0.4 is 26.2 Å². The van der Waals surface area contributed by atoms with Crippen LogP contribution in [0, 0.1) is 5.92 Å². The third-order valence-corrected chi connectivity index (χ3v) is 7.72. The maximum absolute atomic E-state index is 12.9. The normalized spacial score (nSPS) is 13.8. The number of hydrogen-bond acceptors (Lipinski definition) is 9. The van der Waals surface area contributed by atoms with E-state index >= 15 is 0 Å². The monoisotopic (exact) mass is 599 g/mol. The summed E-state index contributed by atoms with van der Waals surface area (Å²) >= 11 is 6.51. The zero-order chi connectivity index (χ0) is 30.2. The summed E-state index contributed by atoms with van der Waals surface area (Å²) < 4.78 is 12.4. The number of benzene rings is 1. The number of amides is 2. The molecule has 1 saturated heterocycles. The van der Waals surface area contributed by atoms with E-state index in [1.54, 1.807) is 31.3 Å². The molecule has 0 spiro atoms. The molecule has 3 heterocycles. The van der Waals surface area contributed by atoms with Crippen molar-refractivity contribution >= 4 is 40.3 Å². The fourth-order valence-corrected chi connectivity index (χ4v) is 5.09. The summed E-state index contributed by atoms with van der Waals surface area (Å²) in [5, 5.41) is 3.72. The van der Waals surface area contributed by atoms with Crippen LogP contribution in [0.25, 0.3) is 10.9 Å². The second-order valence-electron chi connectivity index (χ2n) is 10.3. The number of carbonyl (C=O) groups is 2. The maximum atomic E-state index is 12.9. The number of carbonyl (C=O) groups excluding carboxylic acids is 2. The number of nitrogens with two attached hydrogens (primary N) is 1. The van der Waals surface area contributed by atoms with E-state index in [1.807, 2.05) is 18.2 Å². The molecule has 3 aromatic rings. The van der Waals surface area contributed by atoms with E-state index in [0.29, 0.717) is 75.3 Å². The highest BCUT2D eigenvalue weighted by Gasteiger charge is 2.28. The van der Waals surface area contributed by atoms with Gasteiger partial charge in [-0.05, 0) is 36.6 Å². The van der Waals surface area contributed by atoms with E-state index in [9.17, 15) is 14.4 Å². The van der Waals surface area contributed by atoms with Crippen molar-refractivity contribution in [2.24, 2.45) is 18.7 Å². The van der Waals surface area contributed by atoms with Gasteiger partial charge in [0.2, 0.25) is 11.9 Å². The van der Waals surface area contributed by atoms with Gasteiger partial charge in [-0.2, -0.15) is 0 Å². The number of halogens is 1. The van der Waals surface area contributed by atoms with Crippen LogP contribution in [0.5, 0.6) is 5.75 Å². The summed E-state index contributed by atoms with van der Waals surface area (Å²) in [6.45, 7) is 3.05. The lowest BCUT2D eigenvalue weighted by Gasteiger charge is -2.33. The van der Waals surface area contributed by atoms with Crippen molar-refractivity contribution < 1.29 is 19.1 Å². The first-order chi connectivity index (χ1) is 20.2. The SMILES string of the molecule is CNC(=O)COc1cc2cc(Cc3nc(N4CCC(C(=O)N(C)CCOCCN)CC4)ncc3Cl)ccc2n(C)c1=O. The van der Waals surface area contributed by atoms with Gasteiger partial charge in [0.15, 0.2) is 12.4 Å². The van der Waals surface area contributed by atoms with Crippen LogP contribution in [0.4, 0.5) is 5.95 Å². The van der Waals surface area contributed by atoms with Gasteiger partial charge < -0.3 is 34.9 Å². The van der Waals surface area contributed by atoms with Crippen molar-refractivity contribution in [2.75, 3.05) is 65.0 Å². The number of nitrogens with zero attached hydrogens (tertiary/aromatic N) is 5. The second-order valence-corrected chi connectivity index (χ2v) is 10.7. The molecule has 12 nitrogen and oxygen atoms in total. The Labute approximate surface area is 249 Å². The summed E-state index contributed by atoms with van der Waals surface area (Å²) in [7, 11) is 4.98. The van der Waals surface area contributed by atoms with Crippen molar-refractivity contribution in [3.8, 4) is 5.75 Å². The molecule has 0 saturated carbocycles. The maximum Gasteiger partial charge on any atom is 0.293 e. The van der Waals surface area contributed by atoms with Gasteiger partial charge in [-0.1, -0.05) is 17.7 Å². The van der Waals surface area contributed by atoms with Crippen LogP contribution in [0.2, 0.25) is 5.02 Å². The zero-order valence-corrected chi connectivity index (χ0v) is 25.0. The molecule has 0 radical (unpaired) electrons. The van der Waals surface area contributed by atoms with Crippen molar-refractivity contribution in [3.63, 3.8) is 0 Å². The van der Waals surface area contributed by atoms with Crippen LogP contribution in [0.15, 0.2) is 35.3 Å². The number of aromatic nitrogens is 3. The van der Waals surface area contributed by atoms with E-state index in [-0.39, 0.29) is 35.6 Å². The van der Waals surface area contributed by atoms with Crippen LogP contribution in [-0.2, 0) is 27.8 Å². The molecular weight excluding hydrogens is 562 g/mol. The molecule has 0 bridgehead atoms. The molecule has 1 aromatic carbocycles. The highest BCUT2D eigenvalue weighted by atomic mass is 35.5. The Hall–Kier alpha value is -3.74. The molecule has 13 heteroatoms. The Balaban J connectivity index is 1.43. The van der Waals surface area contributed by atoms with Crippen LogP contribution in [0.1, 0.15) is 24.1 Å². The second kappa shape index (κ2) is 14.4. The smallest absolute Gasteiger partial charge is 0.293 e. The Morgan fingerprint density at radius 3 is 2.69 bits per heavy atom. The molecule has 2 amide bonds. The number of anilines is 1. The summed E-state index contributed by atoms with van der Waals surface area (Å²) in [6, 6.07) is 7.40. The average molecular weight is 600 g/mol. The molecule has 1 fully saturated rings. The first-order valence-corrected chi connectivity index (χ1v) is 14.3. The highest BCUT2D eigenvalue weighted by molar-refractivity contribution is 6.31. The van der Waals surface area contributed by atoms with Gasteiger partial charge in [0.25, 0.3) is 11.5 Å². The number of ether oxygens (including phenoxy) is 2. The number of hydrogen-bond donors (Lipinski definition) is 2. The Kier molecular flexibility index (Phi) is 10.7. The minimum Gasteiger partial charge on any atom is -0.478 e. The first kappa shape index (κ1) is 31.2. The Morgan fingerprint density at radius 2 is 1.98 bits per heavy atom. The quantitative estimate of drug-likeness (QED) is 0.295. The average Bonchev–Trinajstić information content (AvgIpc) is 3.00. The van der Waals surface area contributed by atoms with Crippen molar-refractivity contribution in [3.05, 3.63) is 57.1 Å². The molecular formula is C29H38ClN7O5. The topological polar surface area (TPSA) is 145 Å². The van der Waals surface area contributed by atoms with Gasteiger partial charge in [-0.15, -0.1) is 0 Å². The van der Waals surface area contributed by atoms with Gasteiger partial charge in [-0.3, -0.25) is 14.4 Å². The number of nitrogens with one attached hydrogen (secondary N) is 1. The van der Waals surface area contributed by atoms with Crippen molar-refractivity contribution in [1.29, 1.82) is 0 Å². The minimum atomic E-state index is -0.326. The number of rotatable bonds is 12. The predicted molar refractivity (Wildman–Crippen MR) is 161 cm³/mol. The third kappa shape index (κ3) is 7.55. The Bertz CT molecular complexity index is 1470. The lowest BCUT2D eigenvalue weighted by molar-refractivity contribution is -0.135. The molecule has 0 aliphatic carbocycles. The summed E-state index contributed by atoms with van der Waals surface area (Å²) in [5.41, 5.74) is 7.47. The van der Waals surface area contributed by atoms with Gasteiger partial charge in [0, 0.05) is 65.0 Å². The summed E-state index contributed by atoms with van der Waals surface area (Å²) in [6.07, 6.45) is 3.48. The number of aryl methyl sites for hydroxylation is 1. The lowest BCUT2D eigenvalue weighted by atomic mass is 9.95. The summed E-state index contributed by atoms with van der Waals surface area (Å²) in [5.74, 6) is 0.427. The summed E-state index contributed by atoms with van der Waals surface area (Å²) in [4.78, 5) is 50.2. The minimum absolute atomic E-state index is 0.0497. The standard InChI is InChI=1S/C29H38ClN7O5/c1-32-26(38)18-42-25-16-21-14-19(4-5-24(21)36(3)28(25)40)15-23-22(30)17-33-29(34-23)37-9-6-20(7-10-37)27(39)35(2)11-13-41-12-8-31/h4-5,14,16-17,20H,6-13,15,18,31H2,1-3H3,(H,32,38). The highest BCUT2D eigenvalue weighted by Crippen LogP contribution is 2.26. The fraction of sp³-hybridized carbons (Fsp3) is 0.483. The van der Waals surface area contributed by atoms with Gasteiger partial charge in [-0.25, -0.2) is 9.97 Å². The van der Waals surface area contributed by atoms with Gasteiger partial charge in [0.1, 0.15) is 0 Å². The zero-order valence-electron chi connectivity index (χ0n) is 24.3. The number of piperidine rings is 1. The van der Waals surface area contributed by atoms with Crippen molar-refractivity contribution in [2.45, 2.75) is 19.3 Å². The number of fused-ring (bicyclic) bond motifs is 1. The number of likely N-dealkylation sites (N-methyl/N-ethyl adjacent to an activating group) is 2. The molecule has 1 aliphatic rings. The number of pyridine rings is 1. The largest absolute Gasteiger partial charge is 0.478 e. The molecule has 1 aliphatic heterocycles.